The highest BCUT2D eigenvalue weighted by atomic mass is 16.7. The summed E-state index contributed by atoms with van der Waals surface area (Å²) in [6.07, 6.45) is 4.26. The summed E-state index contributed by atoms with van der Waals surface area (Å²) in [7, 11) is 0. The lowest BCUT2D eigenvalue weighted by Gasteiger charge is -2.43. The Morgan fingerprint density at radius 1 is 0.953 bits per heavy atom. The van der Waals surface area contributed by atoms with Crippen LogP contribution < -0.4 is 10.6 Å². The molecule has 0 saturated carbocycles. The van der Waals surface area contributed by atoms with Crippen molar-refractivity contribution in [1.29, 1.82) is 0 Å². The first kappa shape index (κ1) is 31.4. The topological polar surface area (TPSA) is 113 Å². The summed E-state index contributed by atoms with van der Waals surface area (Å²) < 4.78 is 18.2. The normalized spacial score (nSPS) is 26.3. The molecular formula is C33H46N4O6. The van der Waals surface area contributed by atoms with Crippen molar-refractivity contribution in [2.75, 3.05) is 51.2 Å². The molecule has 3 aliphatic heterocycles. The van der Waals surface area contributed by atoms with Crippen molar-refractivity contribution in [1.82, 2.24) is 15.1 Å². The van der Waals surface area contributed by atoms with Crippen LogP contribution in [-0.4, -0.2) is 84.9 Å². The van der Waals surface area contributed by atoms with E-state index in [0.717, 1.165) is 36.3 Å². The van der Waals surface area contributed by atoms with Crippen molar-refractivity contribution < 1.29 is 28.9 Å². The SMILES string of the molecule is CCOC(=O)CNC(=O)Nc1ccc([C@H]2O[C@@H](CN3CCC[C@H]3CN3CCCC3)[C@@H](C)[C@@H](c3ccc(CO)cc3)O2)cc1. The highest BCUT2D eigenvalue weighted by molar-refractivity contribution is 5.91. The Morgan fingerprint density at radius 2 is 1.67 bits per heavy atom. The van der Waals surface area contributed by atoms with Gasteiger partial charge < -0.3 is 34.9 Å². The van der Waals surface area contributed by atoms with Gasteiger partial charge >= 0.3 is 12.0 Å². The van der Waals surface area contributed by atoms with Gasteiger partial charge in [-0.05, 0) is 75.5 Å². The summed E-state index contributed by atoms with van der Waals surface area (Å²) in [6, 6.07) is 15.5. The highest BCUT2D eigenvalue weighted by Crippen LogP contribution is 2.42. The highest BCUT2D eigenvalue weighted by Gasteiger charge is 2.40. The van der Waals surface area contributed by atoms with E-state index in [0.29, 0.717) is 11.7 Å². The number of nitrogens with one attached hydrogen (secondary N) is 2. The Hall–Kier alpha value is -3.02. The number of nitrogens with zero attached hydrogens (tertiary/aromatic N) is 2. The number of carbonyl (C=O) groups excluding carboxylic acids is 2. The number of esters is 1. The molecule has 3 heterocycles. The van der Waals surface area contributed by atoms with E-state index >= 15 is 0 Å². The molecule has 3 aliphatic rings. The third-order valence-corrected chi connectivity index (χ3v) is 8.84. The summed E-state index contributed by atoms with van der Waals surface area (Å²) in [5, 5.41) is 14.8. The van der Waals surface area contributed by atoms with Crippen molar-refractivity contribution in [3.8, 4) is 0 Å². The van der Waals surface area contributed by atoms with Crippen molar-refractivity contribution in [3.63, 3.8) is 0 Å². The molecule has 0 unspecified atom stereocenters. The summed E-state index contributed by atoms with van der Waals surface area (Å²) in [5.41, 5.74) is 3.38. The van der Waals surface area contributed by atoms with Gasteiger partial charge in [-0.1, -0.05) is 43.3 Å². The van der Waals surface area contributed by atoms with Gasteiger partial charge in [-0.15, -0.1) is 0 Å². The van der Waals surface area contributed by atoms with Gasteiger partial charge in [0.25, 0.3) is 0 Å². The zero-order valence-electron chi connectivity index (χ0n) is 25.4. The molecule has 3 saturated heterocycles. The van der Waals surface area contributed by atoms with Crippen LogP contribution in [0.15, 0.2) is 48.5 Å². The van der Waals surface area contributed by atoms with E-state index < -0.39 is 18.3 Å². The van der Waals surface area contributed by atoms with Crippen molar-refractivity contribution >= 4 is 17.7 Å². The maximum absolute atomic E-state index is 12.2. The number of hydrogen-bond donors (Lipinski definition) is 3. The second-order valence-corrected chi connectivity index (χ2v) is 11.9. The molecule has 3 fully saturated rings. The lowest BCUT2D eigenvalue weighted by molar-refractivity contribution is -0.276. The Balaban J connectivity index is 1.28. The fourth-order valence-electron chi connectivity index (χ4n) is 6.43. The number of carbonyl (C=O) groups is 2. The van der Waals surface area contributed by atoms with Crippen LogP contribution in [0.3, 0.4) is 0 Å². The minimum absolute atomic E-state index is 0.00428. The average molecular weight is 595 g/mol. The maximum Gasteiger partial charge on any atom is 0.325 e. The van der Waals surface area contributed by atoms with Crippen molar-refractivity contribution in [2.45, 2.75) is 70.7 Å². The molecule has 0 aliphatic carbocycles. The molecule has 43 heavy (non-hydrogen) atoms. The second-order valence-electron chi connectivity index (χ2n) is 11.9. The first-order chi connectivity index (χ1) is 20.9. The van der Waals surface area contributed by atoms with Crippen LogP contribution in [0.4, 0.5) is 10.5 Å². The fraction of sp³-hybridized carbons (Fsp3) is 0.576. The first-order valence-corrected chi connectivity index (χ1v) is 15.7. The number of hydrogen-bond acceptors (Lipinski definition) is 8. The first-order valence-electron chi connectivity index (χ1n) is 15.7. The molecule has 10 heteroatoms. The Kier molecular flexibility index (Phi) is 11.0. The molecule has 2 amide bonds. The van der Waals surface area contributed by atoms with Crippen molar-refractivity contribution in [3.05, 3.63) is 65.2 Å². The Bertz CT molecular complexity index is 1190. The number of aliphatic hydroxyl groups excluding tert-OH is 1. The largest absolute Gasteiger partial charge is 0.465 e. The summed E-state index contributed by atoms with van der Waals surface area (Å²) in [5.74, 6) is -0.367. The number of benzene rings is 2. The lowest BCUT2D eigenvalue weighted by atomic mass is 9.90. The second kappa shape index (κ2) is 15.1. The lowest BCUT2D eigenvalue weighted by Crippen LogP contribution is -2.48. The van der Waals surface area contributed by atoms with Crippen LogP contribution in [0, 0.1) is 5.92 Å². The average Bonchev–Trinajstić information content (AvgIpc) is 3.70. The summed E-state index contributed by atoms with van der Waals surface area (Å²) in [4.78, 5) is 29.0. The molecule has 234 valence electrons. The van der Waals surface area contributed by atoms with E-state index in [1.807, 2.05) is 36.4 Å². The molecule has 2 aromatic carbocycles. The minimum atomic E-state index is -0.574. The van der Waals surface area contributed by atoms with Gasteiger partial charge in [0.05, 0.1) is 25.4 Å². The number of anilines is 1. The number of ether oxygens (including phenoxy) is 3. The van der Waals surface area contributed by atoms with Gasteiger partial charge in [0, 0.05) is 36.3 Å². The molecular weight excluding hydrogens is 548 g/mol. The smallest absolute Gasteiger partial charge is 0.325 e. The molecule has 0 spiro atoms. The number of rotatable bonds is 11. The van der Waals surface area contributed by atoms with Crippen LogP contribution in [0.1, 0.15) is 68.6 Å². The van der Waals surface area contributed by atoms with Gasteiger partial charge in [0.1, 0.15) is 6.54 Å². The number of amides is 2. The van der Waals surface area contributed by atoms with Crippen LogP contribution in [-0.2, 0) is 25.6 Å². The van der Waals surface area contributed by atoms with E-state index in [2.05, 4.69) is 27.4 Å². The third-order valence-electron chi connectivity index (χ3n) is 8.84. The van der Waals surface area contributed by atoms with Crippen LogP contribution >= 0.6 is 0 Å². The molecule has 5 atom stereocenters. The molecule has 3 N–H and O–H groups in total. The molecule has 0 aromatic heterocycles. The Morgan fingerprint density at radius 3 is 2.37 bits per heavy atom. The summed E-state index contributed by atoms with van der Waals surface area (Å²) >= 11 is 0. The number of urea groups is 1. The number of likely N-dealkylation sites (tertiary alicyclic amines) is 2. The molecule has 0 bridgehead atoms. The molecule has 2 aromatic rings. The molecule has 0 radical (unpaired) electrons. The predicted molar refractivity (Wildman–Crippen MR) is 163 cm³/mol. The van der Waals surface area contributed by atoms with Gasteiger partial charge in [-0.2, -0.15) is 0 Å². The van der Waals surface area contributed by atoms with E-state index in [1.165, 1.54) is 38.8 Å². The van der Waals surface area contributed by atoms with Crippen molar-refractivity contribution in [2.24, 2.45) is 5.92 Å². The van der Waals surface area contributed by atoms with Gasteiger partial charge in [-0.3, -0.25) is 9.69 Å². The molecule has 5 rings (SSSR count). The minimum Gasteiger partial charge on any atom is -0.465 e. The van der Waals surface area contributed by atoms with Gasteiger partial charge in [0.15, 0.2) is 6.29 Å². The van der Waals surface area contributed by atoms with Crippen LogP contribution in [0.5, 0.6) is 0 Å². The molecule has 10 nitrogen and oxygen atoms in total. The van der Waals surface area contributed by atoms with E-state index in [1.54, 1.807) is 19.1 Å². The summed E-state index contributed by atoms with van der Waals surface area (Å²) in [6.45, 7) is 9.49. The quantitative estimate of drug-likeness (QED) is 0.332. The maximum atomic E-state index is 12.2. The zero-order chi connectivity index (χ0) is 30.2. The zero-order valence-corrected chi connectivity index (χ0v) is 25.4. The third kappa shape index (κ3) is 8.33. The standard InChI is InChI=1S/C33H46N4O6/c1-3-41-30(39)19-34-33(40)35-27-14-12-26(13-15-27)32-42-29(21-37-18-6-7-28(37)20-36-16-4-5-17-36)23(2)31(43-32)25-10-8-24(22-38)9-11-25/h8-15,23,28-29,31-32,38H,3-7,16-22H2,1-2H3,(H2,34,35,40)/t23-,28+,29+,31+,32+/m1/s1. The van der Waals surface area contributed by atoms with Crippen LogP contribution in [0.2, 0.25) is 0 Å². The predicted octanol–water partition coefficient (Wildman–Crippen LogP) is 4.22. The number of aliphatic hydroxyl groups is 1. The van der Waals surface area contributed by atoms with Gasteiger partial charge in [-0.25, -0.2) is 4.79 Å². The fourth-order valence-corrected chi connectivity index (χ4v) is 6.43. The van der Waals surface area contributed by atoms with E-state index in [-0.39, 0.29) is 37.9 Å². The van der Waals surface area contributed by atoms with E-state index in [4.69, 9.17) is 14.2 Å². The Labute approximate surface area is 254 Å². The van der Waals surface area contributed by atoms with E-state index in [9.17, 15) is 14.7 Å². The van der Waals surface area contributed by atoms with Crippen LogP contribution in [0.25, 0.3) is 0 Å². The van der Waals surface area contributed by atoms with Gasteiger partial charge in [0.2, 0.25) is 0 Å². The monoisotopic (exact) mass is 594 g/mol.